The molecule has 4 saturated carbocycles. The van der Waals surface area contributed by atoms with Crippen LogP contribution in [0.3, 0.4) is 0 Å². The monoisotopic (exact) mass is 483 g/mol. The normalized spacial score (nSPS) is 26.9. The van der Waals surface area contributed by atoms with Gasteiger partial charge in [-0.25, -0.2) is 0 Å². The Morgan fingerprint density at radius 3 is 2.50 bits per heavy atom. The van der Waals surface area contributed by atoms with E-state index >= 15 is 0 Å². The van der Waals surface area contributed by atoms with Crippen LogP contribution < -0.4 is 10.6 Å². The number of nitriles is 1. The third-order valence-corrected chi connectivity index (χ3v) is 7.94. The van der Waals surface area contributed by atoms with Crippen molar-refractivity contribution in [1.29, 1.82) is 5.26 Å². The van der Waals surface area contributed by atoms with Gasteiger partial charge in [-0.1, -0.05) is 24.3 Å². The lowest BCUT2D eigenvalue weighted by Gasteiger charge is -2.57. The number of allylic oxidation sites excluding steroid dienone is 1. The molecule has 6 rings (SSSR count). The first kappa shape index (κ1) is 24.1. The summed E-state index contributed by atoms with van der Waals surface area (Å²) in [5, 5.41) is 25.4. The molecule has 0 spiro atoms. The number of carboxylic acid groups (broad SMARTS) is 1. The number of carbonyl (C=O) groups is 1. The van der Waals surface area contributed by atoms with Gasteiger partial charge in [-0.05, 0) is 98.5 Å². The molecule has 3 N–H and O–H groups in total. The molecule has 1 aromatic carbocycles. The molecule has 4 fully saturated rings. The predicted octanol–water partition coefficient (Wildman–Crippen LogP) is 5.58. The average Bonchev–Trinajstić information content (AvgIpc) is 2.83. The van der Waals surface area contributed by atoms with E-state index in [2.05, 4.69) is 26.7 Å². The van der Waals surface area contributed by atoms with Crippen LogP contribution in [-0.4, -0.2) is 27.6 Å². The summed E-state index contributed by atoms with van der Waals surface area (Å²) in [5.74, 6) is 2.12. The SMILES string of the molecule is N#CN=C(Nc1cccc(/C(=C\CCCC(=O)O)c2cccnc2)c1)NC12CC3CC(CC(C3)C1)C2. The van der Waals surface area contributed by atoms with Crippen LogP contribution in [0, 0.1) is 29.2 Å². The Hall–Kier alpha value is -3.66. The van der Waals surface area contributed by atoms with E-state index in [1.54, 1.807) is 6.20 Å². The van der Waals surface area contributed by atoms with Crippen LogP contribution in [0.25, 0.3) is 5.57 Å². The number of nitrogens with zero attached hydrogens (tertiary/aromatic N) is 3. The van der Waals surface area contributed by atoms with Crippen LogP contribution in [0.15, 0.2) is 59.9 Å². The molecule has 7 heteroatoms. The molecular formula is C29H33N5O2. The Kier molecular flexibility index (Phi) is 7.04. The van der Waals surface area contributed by atoms with Crippen molar-refractivity contribution in [2.24, 2.45) is 22.7 Å². The third kappa shape index (κ3) is 5.59. The molecule has 0 radical (unpaired) electrons. The second-order valence-corrected chi connectivity index (χ2v) is 10.7. The summed E-state index contributed by atoms with van der Waals surface area (Å²) in [6.07, 6.45) is 16.5. The highest BCUT2D eigenvalue weighted by molar-refractivity contribution is 5.95. The van der Waals surface area contributed by atoms with Gasteiger partial charge in [0, 0.05) is 35.6 Å². The number of anilines is 1. The van der Waals surface area contributed by atoms with E-state index < -0.39 is 5.97 Å². The topological polar surface area (TPSA) is 110 Å². The average molecular weight is 484 g/mol. The van der Waals surface area contributed by atoms with Gasteiger partial charge >= 0.3 is 5.97 Å². The summed E-state index contributed by atoms with van der Waals surface area (Å²) in [7, 11) is 0. The fraction of sp³-hybridized carbons (Fsp3) is 0.448. The maximum atomic E-state index is 10.9. The highest BCUT2D eigenvalue weighted by Crippen LogP contribution is 2.55. The molecular weight excluding hydrogens is 450 g/mol. The maximum Gasteiger partial charge on any atom is 0.303 e. The van der Waals surface area contributed by atoms with Crippen molar-refractivity contribution in [3.05, 3.63) is 66.0 Å². The van der Waals surface area contributed by atoms with Gasteiger partial charge < -0.3 is 15.7 Å². The summed E-state index contributed by atoms with van der Waals surface area (Å²) < 4.78 is 0. The van der Waals surface area contributed by atoms with Gasteiger partial charge in [0.2, 0.25) is 12.2 Å². The number of hydrogen-bond acceptors (Lipinski definition) is 4. The zero-order valence-electron chi connectivity index (χ0n) is 20.5. The van der Waals surface area contributed by atoms with Crippen LogP contribution in [0.2, 0.25) is 0 Å². The largest absolute Gasteiger partial charge is 0.481 e. The first-order valence-electron chi connectivity index (χ1n) is 13.0. The number of nitrogens with one attached hydrogen (secondary N) is 2. The number of rotatable bonds is 8. The molecule has 186 valence electrons. The van der Waals surface area contributed by atoms with Crippen molar-refractivity contribution in [2.75, 3.05) is 5.32 Å². The van der Waals surface area contributed by atoms with Crippen molar-refractivity contribution < 1.29 is 9.90 Å². The Balaban J connectivity index is 1.35. The number of aliphatic carboxylic acids is 1. The Morgan fingerprint density at radius 2 is 1.86 bits per heavy atom. The fourth-order valence-electron chi connectivity index (χ4n) is 6.98. The van der Waals surface area contributed by atoms with Gasteiger partial charge in [-0.15, -0.1) is 4.99 Å². The van der Waals surface area contributed by atoms with Crippen LogP contribution in [-0.2, 0) is 4.79 Å². The number of pyridine rings is 1. The van der Waals surface area contributed by atoms with E-state index in [-0.39, 0.29) is 12.0 Å². The number of carboxylic acids is 1. The molecule has 4 aliphatic rings. The van der Waals surface area contributed by atoms with Crippen LogP contribution in [0.4, 0.5) is 5.69 Å². The lowest BCUT2D eigenvalue weighted by Crippen LogP contribution is -2.60. The van der Waals surface area contributed by atoms with Crippen molar-refractivity contribution in [1.82, 2.24) is 10.3 Å². The second kappa shape index (κ2) is 10.5. The highest BCUT2D eigenvalue weighted by atomic mass is 16.4. The summed E-state index contributed by atoms with van der Waals surface area (Å²) in [6.45, 7) is 0. The van der Waals surface area contributed by atoms with E-state index in [9.17, 15) is 10.1 Å². The van der Waals surface area contributed by atoms with Crippen LogP contribution in [0.1, 0.15) is 68.9 Å². The van der Waals surface area contributed by atoms with E-state index in [0.29, 0.717) is 18.8 Å². The lowest BCUT2D eigenvalue weighted by molar-refractivity contribution is -0.137. The molecule has 36 heavy (non-hydrogen) atoms. The molecule has 1 heterocycles. The highest BCUT2D eigenvalue weighted by Gasteiger charge is 2.51. The van der Waals surface area contributed by atoms with E-state index in [1.807, 2.05) is 48.8 Å². The summed E-state index contributed by atoms with van der Waals surface area (Å²) >= 11 is 0. The Morgan fingerprint density at radius 1 is 1.14 bits per heavy atom. The van der Waals surface area contributed by atoms with Gasteiger partial charge in [-0.2, -0.15) is 5.26 Å². The number of aromatic nitrogens is 1. The second-order valence-electron chi connectivity index (χ2n) is 10.7. The molecule has 7 nitrogen and oxygen atoms in total. The van der Waals surface area contributed by atoms with Crippen LogP contribution >= 0.6 is 0 Å². The zero-order valence-corrected chi connectivity index (χ0v) is 20.5. The minimum absolute atomic E-state index is 0.0416. The van der Waals surface area contributed by atoms with Gasteiger partial charge in [0.1, 0.15) is 0 Å². The summed E-state index contributed by atoms with van der Waals surface area (Å²) in [5.41, 5.74) is 3.86. The molecule has 2 aromatic rings. The lowest BCUT2D eigenvalue weighted by atomic mass is 9.53. The van der Waals surface area contributed by atoms with Gasteiger partial charge in [0.25, 0.3) is 0 Å². The third-order valence-electron chi connectivity index (χ3n) is 7.94. The molecule has 0 amide bonds. The van der Waals surface area contributed by atoms with E-state index in [0.717, 1.165) is 59.4 Å². The number of guanidine groups is 1. The number of hydrogen-bond donors (Lipinski definition) is 3. The summed E-state index contributed by atoms with van der Waals surface area (Å²) in [4.78, 5) is 19.3. The fourth-order valence-corrected chi connectivity index (χ4v) is 6.98. The Labute approximate surface area is 212 Å². The van der Waals surface area contributed by atoms with E-state index in [4.69, 9.17) is 5.11 Å². The first-order chi connectivity index (χ1) is 17.5. The summed E-state index contributed by atoms with van der Waals surface area (Å²) in [6, 6.07) is 11.9. The molecule has 1 aromatic heterocycles. The smallest absolute Gasteiger partial charge is 0.303 e. The molecule has 0 unspecified atom stereocenters. The number of benzene rings is 1. The number of aliphatic imine (C=N–C) groups is 1. The molecule has 0 atom stereocenters. The molecule has 4 aliphatic carbocycles. The van der Waals surface area contributed by atoms with Crippen molar-refractivity contribution >= 4 is 23.2 Å². The molecule has 4 bridgehead atoms. The molecule has 0 aliphatic heterocycles. The van der Waals surface area contributed by atoms with Gasteiger partial charge in [0.05, 0.1) is 0 Å². The standard InChI is InChI=1S/C29H33N5O2/c30-19-32-28(34-29-15-20-11-21(16-29)13-22(12-20)17-29)33-25-7-3-5-23(14-25)26(8-1-2-9-27(35)36)24-6-4-10-31-18-24/h3-8,10,14,18,20-22H,1-2,9,11-13,15-17H2,(H,35,36)(H2,32,33,34)/b26-8+. The zero-order chi connectivity index (χ0) is 25.0. The Bertz CT molecular complexity index is 1160. The molecule has 0 saturated heterocycles. The minimum Gasteiger partial charge on any atom is -0.481 e. The first-order valence-corrected chi connectivity index (χ1v) is 13.0. The van der Waals surface area contributed by atoms with Crippen molar-refractivity contribution in [2.45, 2.75) is 63.3 Å². The maximum absolute atomic E-state index is 10.9. The minimum atomic E-state index is -0.784. The van der Waals surface area contributed by atoms with Gasteiger partial charge in [0.15, 0.2) is 0 Å². The predicted molar refractivity (Wildman–Crippen MR) is 140 cm³/mol. The number of unbranched alkanes of at least 4 members (excludes halogenated alkanes) is 1. The van der Waals surface area contributed by atoms with Gasteiger partial charge in [-0.3, -0.25) is 9.78 Å². The van der Waals surface area contributed by atoms with Crippen molar-refractivity contribution in [3.63, 3.8) is 0 Å². The van der Waals surface area contributed by atoms with E-state index in [1.165, 1.54) is 19.3 Å². The van der Waals surface area contributed by atoms with Crippen LogP contribution in [0.5, 0.6) is 0 Å². The quantitative estimate of drug-likeness (QED) is 0.196. The van der Waals surface area contributed by atoms with Crippen molar-refractivity contribution in [3.8, 4) is 6.19 Å².